The van der Waals surface area contributed by atoms with Gasteiger partial charge in [0.05, 0.1) is 18.8 Å². The summed E-state index contributed by atoms with van der Waals surface area (Å²) in [5.74, 6) is 0.698. The summed E-state index contributed by atoms with van der Waals surface area (Å²) in [7, 11) is 1.60. The van der Waals surface area contributed by atoms with Crippen molar-refractivity contribution in [1.82, 2.24) is 10.2 Å². The van der Waals surface area contributed by atoms with Crippen molar-refractivity contribution in [2.75, 3.05) is 25.5 Å². The maximum atomic E-state index is 13.0. The molecule has 2 amide bonds. The monoisotopic (exact) mass is 407 g/mol. The topological polar surface area (TPSA) is 70.7 Å². The minimum Gasteiger partial charge on any atom is -0.495 e. The molecule has 2 aliphatic rings. The molecule has 2 N–H and O–H groups in total. The number of hydrogen-bond acceptors (Lipinski definition) is 4. The summed E-state index contributed by atoms with van der Waals surface area (Å²) in [6.07, 6.45) is 2.08. The maximum absolute atomic E-state index is 13.0. The van der Waals surface area contributed by atoms with Crippen LogP contribution in [0.1, 0.15) is 29.5 Å². The molecule has 2 heterocycles. The Bertz CT molecular complexity index is 935. The molecule has 2 aromatic carbocycles. The number of ether oxygens (including phenoxy) is 1. The van der Waals surface area contributed by atoms with Crippen LogP contribution in [0.3, 0.4) is 0 Å². The van der Waals surface area contributed by atoms with Gasteiger partial charge in [0.2, 0.25) is 11.8 Å². The standard InChI is InChI=1S/C24H29N3O3/c1-16-7-8-22(30-2)20(13-16)26-23(28)17-9-11-27(12-10-17)24(29)21-14-18-5-3-4-6-19(18)15-25-21/h3-8,13,17,21,25H,9-12,14-15H2,1-2H3,(H,26,28). The largest absolute Gasteiger partial charge is 0.495 e. The van der Waals surface area contributed by atoms with Gasteiger partial charge in [-0.2, -0.15) is 0 Å². The Hall–Kier alpha value is -2.86. The van der Waals surface area contributed by atoms with Gasteiger partial charge < -0.3 is 20.3 Å². The molecule has 2 aliphatic heterocycles. The van der Waals surface area contributed by atoms with Gasteiger partial charge in [-0.05, 0) is 55.0 Å². The van der Waals surface area contributed by atoms with Crippen molar-refractivity contribution in [2.45, 2.75) is 38.8 Å². The summed E-state index contributed by atoms with van der Waals surface area (Å²) >= 11 is 0. The second kappa shape index (κ2) is 8.88. The van der Waals surface area contributed by atoms with Gasteiger partial charge in [0.1, 0.15) is 5.75 Å². The van der Waals surface area contributed by atoms with Gasteiger partial charge in [-0.1, -0.05) is 30.3 Å². The number of nitrogens with one attached hydrogen (secondary N) is 2. The smallest absolute Gasteiger partial charge is 0.240 e. The highest BCUT2D eigenvalue weighted by molar-refractivity contribution is 5.94. The van der Waals surface area contributed by atoms with Gasteiger partial charge in [-0.25, -0.2) is 0 Å². The fourth-order valence-corrected chi connectivity index (χ4v) is 4.37. The SMILES string of the molecule is COc1ccc(C)cc1NC(=O)C1CCN(C(=O)C2Cc3ccccc3CN2)CC1. The van der Waals surface area contributed by atoms with E-state index in [4.69, 9.17) is 4.74 Å². The zero-order chi connectivity index (χ0) is 21.1. The van der Waals surface area contributed by atoms with Crippen molar-refractivity contribution in [3.05, 3.63) is 59.2 Å². The summed E-state index contributed by atoms with van der Waals surface area (Å²) in [5.41, 5.74) is 4.28. The first-order chi connectivity index (χ1) is 14.5. The Labute approximate surface area is 177 Å². The highest BCUT2D eigenvalue weighted by Gasteiger charge is 2.32. The van der Waals surface area contributed by atoms with E-state index in [0.717, 1.165) is 18.5 Å². The fourth-order valence-electron chi connectivity index (χ4n) is 4.37. The molecule has 1 unspecified atom stereocenters. The van der Waals surface area contributed by atoms with Gasteiger partial charge in [0, 0.05) is 25.6 Å². The van der Waals surface area contributed by atoms with Gasteiger partial charge in [-0.3, -0.25) is 9.59 Å². The number of likely N-dealkylation sites (tertiary alicyclic amines) is 1. The number of piperidine rings is 1. The van der Waals surface area contributed by atoms with E-state index in [0.29, 0.717) is 37.4 Å². The van der Waals surface area contributed by atoms with Gasteiger partial charge in [0.15, 0.2) is 0 Å². The van der Waals surface area contributed by atoms with Gasteiger partial charge in [-0.15, -0.1) is 0 Å². The Balaban J connectivity index is 1.32. The Morgan fingerprint density at radius 2 is 1.83 bits per heavy atom. The third-order valence-corrected chi connectivity index (χ3v) is 6.17. The van der Waals surface area contributed by atoms with Crippen molar-refractivity contribution in [3.63, 3.8) is 0 Å². The first-order valence-electron chi connectivity index (χ1n) is 10.6. The summed E-state index contributed by atoms with van der Waals surface area (Å²) in [4.78, 5) is 27.7. The van der Waals surface area contributed by atoms with Crippen LogP contribution >= 0.6 is 0 Å². The molecule has 0 aromatic heterocycles. The number of fused-ring (bicyclic) bond motifs is 1. The van der Waals surface area contributed by atoms with Crippen LogP contribution in [0.5, 0.6) is 5.75 Å². The molecule has 1 atom stereocenters. The van der Waals surface area contributed by atoms with E-state index < -0.39 is 0 Å². The lowest BCUT2D eigenvalue weighted by atomic mass is 9.92. The van der Waals surface area contributed by atoms with E-state index in [1.165, 1.54) is 11.1 Å². The molecule has 1 saturated heterocycles. The van der Waals surface area contributed by atoms with Crippen molar-refractivity contribution in [1.29, 1.82) is 0 Å². The van der Waals surface area contributed by atoms with Crippen LogP contribution in [-0.4, -0.2) is 43.0 Å². The molecule has 0 radical (unpaired) electrons. The molecule has 6 nitrogen and oxygen atoms in total. The van der Waals surface area contributed by atoms with Crippen molar-refractivity contribution in [2.24, 2.45) is 5.92 Å². The number of rotatable bonds is 4. The summed E-state index contributed by atoms with van der Waals surface area (Å²) in [5, 5.41) is 6.38. The molecule has 4 rings (SSSR count). The predicted octanol–water partition coefficient (Wildman–Crippen LogP) is 2.90. The molecular weight excluding hydrogens is 378 g/mol. The lowest BCUT2D eigenvalue weighted by molar-refractivity contribution is -0.136. The summed E-state index contributed by atoms with van der Waals surface area (Å²) in [6, 6.07) is 13.8. The lowest BCUT2D eigenvalue weighted by Crippen LogP contribution is -2.52. The molecule has 0 aliphatic carbocycles. The zero-order valence-electron chi connectivity index (χ0n) is 17.6. The van der Waals surface area contributed by atoms with Crippen molar-refractivity contribution in [3.8, 4) is 5.75 Å². The first kappa shape index (κ1) is 20.4. The molecule has 158 valence electrons. The van der Waals surface area contributed by atoms with Gasteiger partial charge in [0.25, 0.3) is 0 Å². The molecule has 1 fully saturated rings. The Kier molecular flexibility index (Phi) is 6.04. The highest BCUT2D eigenvalue weighted by Crippen LogP contribution is 2.28. The number of amides is 2. The number of hydrogen-bond donors (Lipinski definition) is 2. The van der Waals surface area contributed by atoms with E-state index in [2.05, 4.69) is 22.8 Å². The highest BCUT2D eigenvalue weighted by atomic mass is 16.5. The average Bonchev–Trinajstić information content (AvgIpc) is 2.78. The number of nitrogens with zero attached hydrogens (tertiary/aromatic N) is 1. The predicted molar refractivity (Wildman–Crippen MR) is 116 cm³/mol. The fraction of sp³-hybridized carbons (Fsp3) is 0.417. The van der Waals surface area contributed by atoms with Crippen molar-refractivity contribution < 1.29 is 14.3 Å². The Morgan fingerprint density at radius 3 is 2.57 bits per heavy atom. The van der Waals surface area contributed by atoms with E-state index >= 15 is 0 Å². The minimum absolute atomic E-state index is 0.00397. The second-order valence-electron chi connectivity index (χ2n) is 8.20. The number of anilines is 1. The normalized spacial score (nSPS) is 19.1. The lowest BCUT2D eigenvalue weighted by Gasteiger charge is -2.35. The minimum atomic E-state index is -0.179. The van der Waals surface area contributed by atoms with E-state index in [-0.39, 0.29) is 23.8 Å². The van der Waals surface area contributed by atoms with Crippen LogP contribution in [0, 0.1) is 12.8 Å². The number of benzene rings is 2. The third kappa shape index (κ3) is 4.33. The maximum Gasteiger partial charge on any atom is 0.240 e. The number of aryl methyl sites for hydroxylation is 1. The van der Waals surface area contributed by atoms with Crippen LogP contribution < -0.4 is 15.4 Å². The molecule has 6 heteroatoms. The van der Waals surface area contributed by atoms with Crippen molar-refractivity contribution >= 4 is 17.5 Å². The molecule has 0 saturated carbocycles. The number of carbonyl (C=O) groups excluding carboxylic acids is 2. The molecule has 30 heavy (non-hydrogen) atoms. The summed E-state index contributed by atoms with van der Waals surface area (Å²) < 4.78 is 5.35. The number of methoxy groups -OCH3 is 1. The van der Waals surface area contributed by atoms with Crippen LogP contribution in [0.25, 0.3) is 0 Å². The van der Waals surface area contributed by atoms with Crippen LogP contribution in [-0.2, 0) is 22.6 Å². The molecule has 2 aromatic rings. The van der Waals surface area contributed by atoms with Gasteiger partial charge >= 0.3 is 0 Å². The van der Waals surface area contributed by atoms with E-state index in [9.17, 15) is 9.59 Å². The van der Waals surface area contributed by atoms with E-state index in [1.54, 1.807) is 7.11 Å². The Morgan fingerprint density at radius 1 is 1.10 bits per heavy atom. The van der Waals surface area contributed by atoms with Crippen LogP contribution in [0.2, 0.25) is 0 Å². The summed E-state index contributed by atoms with van der Waals surface area (Å²) in [6.45, 7) is 3.93. The first-order valence-corrected chi connectivity index (χ1v) is 10.6. The molecular formula is C24H29N3O3. The average molecular weight is 408 g/mol. The van der Waals surface area contributed by atoms with Crippen LogP contribution in [0.4, 0.5) is 5.69 Å². The third-order valence-electron chi connectivity index (χ3n) is 6.17. The molecule has 0 spiro atoms. The van der Waals surface area contributed by atoms with Crippen LogP contribution in [0.15, 0.2) is 42.5 Å². The second-order valence-corrected chi connectivity index (χ2v) is 8.20. The zero-order valence-corrected chi connectivity index (χ0v) is 17.6. The molecule has 0 bridgehead atoms. The van der Waals surface area contributed by atoms with E-state index in [1.807, 2.05) is 42.2 Å². The number of carbonyl (C=O) groups is 2. The quantitative estimate of drug-likeness (QED) is 0.818.